The lowest BCUT2D eigenvalue weighted by atomic mass is 9.73. The summed E-state index contributed by atoms with van der Waals surface area (Å²) < 4.78 is 2.80. The number of thiophene rings is 1. The van der Waals surface area contributed by atoms with Gasteiger partial charge in [-0.05, 0) is 34.1 Å². The minimum atomic E-state index is 0.145. The summed E-state index contributed by atoms with van der Waals surface area (Å²) in [6.45, 7) is 14.0. The third kappa shape index (κ3) is 2.38. The van der Waals surface area contributed by atoms with Crippen molar-refractivity contribution in [2.24, 2.45) is 0 Å². The summed E-state index contributed by atoms with van der Waals surface area (Å²) in [7, 11) is 0. The zero-order chi connectivity index (χ0) is 15.4. The van der Waals surface area contributed by atoms with E-state index in [-0.39, 0.29) is 10.8 Å². The molecular formula is C20H24S. The molecule has 0 nitrogen and oxygen atoms in total. The normalized spacial score (nSPS) is 13.2. The third-order valence-electron chi connectivity index (χ3n) is 4.10. The molecule has 0 N–H and O–H groups in total. The topological polar surface area (TPSA) is 0 Å². The average Bonchev–Trinajstić information content (AvgIpc) is 2.73. The standard InChI is InChI=1S/C20H24S/c1-19(2,3)14-11-12-16-17(18(14)20(4,5)6)13-9-7-8-10-15(13)21-16/h7-12H,1-6H3. The second-order valence-corrected chi connectivity index (χ2v) is 9.04. The number of hydrogen-bond acceptors (Lipinski definition) is 1. The zero-order valence-electron chi connectivity index (χ0n) is 13.9. The van der Waals surface area contributed by atoms with Crippen LogP contribution in [0.4, 0.5) is 0 Å². The van der Waals surface area contributed by atoms with Gasteiger partial charge < -0.3 is 0 Å². The van der Waals surface area contributed by atoms with E-state index in [1.165, 1.54) is 31.3 Å². The quantitative estimate of drug-likeness (QED) is 0.435. The summed E-state index contributed by atoms with van der Waals surface area (Å²) >= 11 is 1.91. The molecule has 0 saturated heterocycles. The van der Waals surface area contributed by atoms with Crippen molar-refractivity contribution in [2.75, 3.05) is 0 Å². The molecule has 1 aromatic heterocycles. The molecule has 1 heteroatoms. The van der Waals surface area contributed by atoms with Crippen molar-refractivity contribution in [1.82, 2.24) is 0 Å². The van der Waals surface area contributed by atoms with Crippen molar-refractivity contribution in [3.05, 3.63) is 47.5 Å². The van der Waals surface area contributed by atoms with Gasteiger partial charge in [0.05, 0.1) is 0 Å². The first-order valence-corrected chi connectivity index (χ1v) is 8.46. The summed E-state index contributed by atoms with van der Waals surface area (Å²) in [4.78, 5) is 0. The Labute approximate surface area is 131 Å². The van der Waals surface area contributed by atoms with Gasteiger partial charge in [0, 0.05) is 20.2 Å². The lowest BCUT2D eigenvalue weighted by molar-refractivity contribution is 0.535. The predicted molar refractivity (Wildman–Crippen MR) is 96.7 cm³/mol. The van der Waals surface area contributed by atoms with Gasteiger partial charge in [0.15, 0.2) is 0 Å². The summed E-state index contributed by atoms with van der Waals surface area (Å²) in [5.41, 5.74) is 3.31. The van der Waals surface area contributed by atoms with E-state index < -0.39 is 0 Å². The highest BCUT2D eigenvalue weighted by Gasteiger charge is 2.28. The van der Waals surface area contributed by atoms with Crippen molar-refractivity contribution in [1.29, 1.82) is 0 Å². The van der Waals surface area contributed by atoms with Gasteiger partial charge in [0.25, 0.3) is 0 Å². The maximum absolute atomic E-state index is 2.35. The molecule has 0 aliphatic rings. The molecule has 0 aliphatic carbocycles. The fourth-order valence-electron chi connectivity index (χ4n) is 3.22. The maximum Gasteiger partial charge on any atom is 0.0358 e. The van der Waals surface area contributed by atoms with Gasteiger partial charge in [-0.2, -0.15) is 0 Å². The van der Waals surface area contributed by atoms with Gasteiger partial charge in [-0.3, -0.25) is 0 Å². The lowest BCUT2D eigenvalue weighted by Crippen LogP contribution is -2.22. The zero-order valence-corrected chi connectivity index (χ0v) is 14.7. The van der Waals surface area contributed by atoms with Gasteiger partial charge in [0.2, 0.25) is 0 Å². The lowest BCUT2D eigenvalue weighted by Gasteiger charge is -2.31. The van der Waals surface area contributed by atoms with Gasteiger partial charge in [-0.25, -0.2) is 0 Å². The van der Waals surface area contributed by atoms with Crippen LogP contribution in [0.2, 0.25) is 0 Å². The highest BCUT2D eigenvalue weighted by Crippen LogP contribution is 2.44. The summed E-state index contributed by atoms with van der Waals surface area (Å²) in [6.07, 6.45) is 0. The Morgan fingerprint density at radius 2 is 1.38 bits per heavy atom. The van der Waals surface area contributed by atoms with Crippen LogP contribution in [0.15, 0.2) is 36.4 Å². The van der Waals surface area contributed by atoms with Crippen molar-refractivity contribution in [3.8, 4) is 0 Å². The fraction of sp³-hybridized carbons (Fsp3) is 0.400. The van der Waals surface area contributed by atoms with Crippen LogP contribution in [-0.4, -0.2) is 0 Å². The van der Waals surface area contributed by atoms with Crippen molar-refractivity contribution in [3.63, 3.8) is 0 Å². The molecule has 2 aromatic carbocycles. The molecule has 0 atom stereocenters. The summed E-state index contributed by atoms with van der Waals surface area (Å²) in [5, 5.41) is 2.88. The molecule has 0 saturated carbocycles. The molecule has 21 heavy (non-hydrogen) atoms. The molecular weight excluding hydrogens is 272 g/mol. The highest BCUT2D eigenvalue weighted by atomic mass is 32.1. The molecule has 3 rings (SSSR count). The van der Waals surface area contributed by atoms with E-state index in [0.29, 0.717) is 0 Å². The van der Waals surface area contributed by atoms with Crippen LogP contribution in [0.25, 0.3) is 20.2 Å². The molecule has 0 aliphatic heterocycles. The van der Waals surface area contributed by atoms with Crippen molar-refractivity contribution < 1.29 is 0 Å². The second kappa shape index (κ2) is 4.58. The number of hydrogen-bond donors (Lipinski definition) is 0. The molecule has 0 fully saturated rings. The Hall–Kier alpha value is -1.34. The first-order valence-electron chi connectivity index (χ1n) is 7.65. The number of rotatable bonds is 0. The van der Waals surface area contributed by atoms with Crippen molar-refractivity contribution >= 4 is 31.5 Å². The van der Waals surface area contributed by atoms with E-state index in [9.17, 15) is 0 Å². The number of benzene rings is 2. The van der Waals surface area contributed by atoms with Crippen LogP contribution < -0.4 is 0 Å². The molecule has 0 unspecified atom stereocenters. The predicted octanol–water partition coefficient (Wildman–Crippen LogP) is 6.65. The summed E-state index contributed by atoms with van der Waals surface area (Å²) in [6, 6.07) is 13.5. The van der Waals surface area contributed by atoms with Gasteiger partial charge in [0.1, 0.15) is 0 Å². The number of fused-ring (bicyclic) bond motifs is 3. The SMILES string of the molecule is CC(C)(C)c1ccc2sc3ccccc3c2c1C(C)(C)C. The highest BCUT2D eigenvalue weighted by molar-refractivity contribution is 7.25. The van der Waals surface area contributed by atoms with Gasteiger partial charge >= 0.3 is 0 Å². The van der Waals surface area contributed by atoms with Crippen LogP contribution in [0.3, 0.4) is 0 Å². The minimum Gasteiger partial charge on any atom is -0.135 e. The largest absolute Gasteiger partial charge is 0.135 e. The first-order chi connectivity index (χ1) is 9.69. The van der Waals surface area contributed by atoms with Crippen LogP contribution in [0.1, 0.15) is 52.7 Å². The molecule has 0 bridgehead atoms. The minimum absolute atomic E-state index is 0.145. The summed E-state index contributed by atoms with van der Waals surface area (Å²) in [5.74, 6) is 0. The average molecular weight is 296 g/mol. The molecule has 0 radical (unpaired) electrons. The van der Waals surface area contributed by atoms with Gasteiger partial charge in [-0.1, -0.05) is 65.8 Å². The fourth-order valence-corrected chi connectivity index (χ4v) is 4.33. The molecule has 1 heterocycles. The van der Waals surface area contributed by atoms with E-state index in [4.69, 9.17) is 0 Å². The van der Waals surface area contributed by atoms with E-state index in [1.807, 2.05) is 11.3 Å². The van der Waals surface area contributed by atoms with Crippen molar-refractivity contribution in [2.45, 2.75) is 52.4 Å². The molecule has 110 valence electrons. The van der Waals surface area contributed by atoms with Crippen LogP contribution >= 0.6 is 11.3 Å². The van der Waals surface area contributed by atoms with Crippen LogP contribution in [0.5, 0.6) is 0 Å². The Morgan fingerprint density at radius 1 is 0.714 bits per heavy atom. The Bertz CT molecular complexity index is 807. The Morgan fingerprint density at radius 3 is 2.00 bits per heavy atom. The smallest absolute Gasteiger partial charge is 0.0358 e. The Balaban J connectivity index is 2.55. The third-order valence-corrected chi connectivity index (χ3v) is 5.24. The molecule has 0 amide bonds. The second-order valence-electron chi connectivity index (χ2n) is 7.96. The van der Waals surface area contributed by atoms with E-state index in [2.05, 4.69) is 77.9 Å². The van der Waals surface area contributed by atoms with Crippen LogP contribution in [0, 0.1) is 0 Å². The monoisotopic (exact) mass is 296 g/mol. The Kier molecular flexibility index (Phi) is 3.18. The molecule has 0 spiro atoms. The first kappa shape index (κ1) is 14.6. The van der Waals surface area contributed by atoms with Crippen LogP contribution in [-0.2, 0) is 10.8 Å². The van der Waals surface area contributed by atoms with E-state index in [1.54, 1.807) is 0 Å². The van der Waals surface area contributed by atoms with E-state index >= 15 is 0 Å². The molecule has 3 aromatic rings. The van der Waals surface area contributed by atoms with Gasteiger partial charge in [-0.15, -0.1) is 11.3 Å². The maximum atomic E-state index is 2.35. The van der Waals surface area contributed by atoms with E-state index in [0.717, 1.165) is 0 Å².